The Hall–Kier alpha value is -2.28. The fourth-order valence-electron chi connectivity index (χ4n) is 4.92. The number of rotatable bonds is 7. The normalized spacial score (nSPS) is 22.4. The molecule has 0 bridgehead atoms. The molecule has 0 saturated carbocycles. The van der Waals surface area contributed by atoms with Gasteiger partial charge in [0.05, 0.1) is 5.69 Å². The van der Waals surface area contributed by atoms with E-state index in [1.54, 1.807) is 0 Å². The lowest BCUT2D eigenvalue weighted by molar-refractivity contribution is -0.121. The molecule has 1 atom stereocenters. The van der Waals surface area contributed by atoms with E-state index in [1.807, 2.05) is 29.2 Å². The molecular formula is C24H37N5O2. The Bertz CT molecular complexity index is 762. The molecule has 1 aromatic carbocycles. The molecule has 2 fully saturated rings. The van der Waals surface area contributed by atoms with Crippen LogP contribution in [0.1, 0.15) is 39.0 Å². The summed E-state index contributed by atoms with van der Waals surface area (Å²) in [6.45, 7) is 10.5. The molecule has 1 N–H and O–H groups in total. The van der Waals surface area contributed by atoms with Crippen molar-refractivity contribution in [3.05, 3.63) is 24.3 Å². The van der Waals surface area contributed by atoms with E-state index in [4.69, 9.17) is 9.73 Å². The average molecular weight is 428 g/mol. The Morgan fingerprint density at radius 3 is 2.87 bits per heavy atom. The molecule has 3 aliphatic heterocycles. The van der Waals surface area contributed by atoms with Crippen molar-refractivity contribution in [1.82, 2.24) is 15.1 Å². The van der Waals surface area contributed by atoms with Gasteiger partial charge in [0, 0.05) is 39.3 Å². The van der Waals surface area contributed by atoms with Crippen LogP contribution in [0.2, 0.25) is 0 Å². The maximum atomic E-state index is 12.3. The van der Waals surface area contributed by atoms with E-state index < -0.39 is 0 Å². The van der Waals surface area contributed by atoms with Crippen LogP contribution in [0.3, 0.4) is 0 Å². The van der Waals surface area contributed by atoms with Gasteiger partial charge in [-0.05, 0) is 63.7 Å². The molecule has 4 rings (SSSR count). The van der Waals surface area contributed by atoms with E-state index in [2.05, 4.69) is 22.0 Å². The molecule has 170 valence electrons. The number of likely N-dealkylation sites (tertiary alicyclic amines) is 2. The van der Waals surface area contributed by atoms with Crippen molar-refractivity contribution < 1.29 is 9.53 Å². The summed E-state index contributed by atoms with van der Waals surface area (Å²) in [6.07, 6.45) is 6.19. The smallest absolute Gasteiger partial charge is 0.265 e. The van der Waals surface area contributed by atoms with Gasteiger partial charge in [-0.15, -0.1) is 0 Å². The number of hydrogen-bond acceptors (Lipinski definition) is 4. The second-order valence-electron chi connectivity index (χ2n) is 8.85. The molecule has 0 aliphatic carbocycles. The largest absolute Gasteiger partial charge is 0.482 e. The fourth-order valence-corrected chi connectivity index (χ4v) is 4.92. The van der Waals surface area contributed by atoms with E-state index in [0.717, 1.165) is 49.4 Å². The van der Waals surface area contributed by atoms with Gasteiger partial charge in [-0.1, -0.05) is 18.6 Å². The summed E-state index contributed by atoms with van der Waals surface area (Å²) < 4.78 is 5.54. The highest BCUT2D eigenvalue weighted by molar-refractivity contribution is 5.97. The second kappa shape index (κ2) is 10.8. The number of carbonyl (C=O) groups excluding carboxylic acids is 1. The molecule has 7 heteroatoms. The SMILES string of the molecule is CCNC(=NCCCN1C(=O)COc2ccccc21)N1CCC(CN2CCCCC2)C1. The summed E-state index contributed by atoms with van der Waals surface area (Å²) in [5.74, 6) is 2.58. The second-order valence-corrected chi connectivity index (χ2v) is 8.85. The van der Waals surface area contributed by atoms with E-state index in [1.165, 1.54) is 45.3 Å². The number of amides is 1. The summed E-state index contributed by atoms with van der Waals surface area (Å²) in [6, 6.07) is 7.76. The van der Waals surface area contributed by atoms with Crippen LogP contribution in [0.5, 0.6) is 5.75 Å². The Labute approximate surface area is 186 Å². The molecule has 1 amide bonds. The van der Waals surface area contributed by atoms with Gasteiger partial charge in [-0.25, -0.2) is 0 Å². The summed E-state index contributed by atoms with van der Waals surface area (Å²) in [5, 5.41) is 3.47. The van der Waals surface area contributed by atoms with E-state index in [9.17, 15) is 4.79 Å². The molecule has 0 aromatic heterocycles. The Balaban J connectivity index is 1.28. The van der Waals surface area contributed by atoms with Crippen molar-refractivity contribution in [2.45, 2.75) is 39.0 Å². The molecule has 2 saturated heterocycles. The molecule has 1 aromatic rings. The average Bonchev–Trinajstić information content (AvgIpc) is 3.26. The van der Waals surface area contributed by atoms with Crippen molar-refractivity contribution in [1.29, 1.82) is 0 Å². The van der Waals surface area contributed by atoms with Gasteiger partial charge in [0.15, 0.2) is 12.6 Å². The topological polar surface area (TPSA) is 60.4 Å². The number of guanidine groups is 1. The highest BCUT2D eigenvalue weighted by Crippen LogP contribution is 2.31. The van der Waals surface area contributed by atoms with Crippen LogP contribution in [0.15, 0.2) is 29.3 Å². The lowest BCUT2D eigenvalue weighted by Crippen LogP contribution is -2.41. The van der Waals surface area contributed by atoms with E-state index in [0.29, 0.717) is 13.1 Å². The van der Waals surface area contributed by atoms with E-state index in [-0.39, 0.29) is 12.5 Å². The van der Waals surface area contributed by atoms with Crippen molar-refractivity contribution in [2.24, 2.45) is 10.9 Å². The minimum atomic E-state index is 0.0229. The van der Waals surface area contributed by atoms with E-state index >= 15 is 0 Å². The number of nitrogens with one attached hydrogen (secondary N) is 1. The van der Waals surface area contributed by atoms with Gasteiger partial charge >= 0.3 is 0 Å². The first-order chi connectivity index (χ1) is 15.2. The number of fused-ring (bicyclic) bond motifs is 1. The first kappa shape index (κ1) is 21.9. The van der Waals surface area contributed by atoms with Crippen LogP contribution >= 0.6 is 0 Å². The van der Waals surface area contributed by atoms with Crippen LogP contribution in [-0.2, 0) is 4.79 Å². The summed E-state index contributed by atoms with van der Waals surface area (Å²) in [7, 11) is 0. The highest BCUT2D eigenvalue weighted by Gasteiger charge is 2.27. The van der Waals surface area contributed by atoms with Crippen molar-refractivity contribution in [3.8, 4) is 5.75 Å². The number of piperidine rings is 1. The molecule has 3 heterocycles. The molecule has 3 aliphatic rings. The summed E-state index contributed by atoms with van der Waals surface area (Å²) in [4.78, 5) is 24.1. The standard InChI is InChI=1S/C24H37N5O2/c1-2-25-24(28-16-11-20(18-28)17-27-13-6-3-7-14-27)26-12-8-15-29-21-9-4-5-10-22(21)31-19-23(29)30/h4-5,9-10,20H,2-3,6-8,11-19H2,1H3,(H,25,26). The minimum Gasteiger partial charge on any atom is -0.482 e. The third-order valence-electron chi connectivity index (χ3n) is 6.50. The summed E-state index contributed by atoms with van der Waals surface area (Å²) >= 11 is 0. The van der Waals surface area contributed by atoms with Gasteiger partial charge in [0.2, 0.25) is 0 Å². The lowest BCUT2D eigenvalue weighted by atomic mass is 10.1. The van der Waals surface area contributed by atoms with Gasteiger partial charge < -0.3 is 24.8 Å². The Kier molecular flexibility index (Phi) is 7.67. The van der Waals surface area contributed by atoms with Gasteiger partial charge in [-0.2, -0.15) is 0 Å². The van der Waals surface area contributed by atoms with Crippen molar-refractivity contribution >= 4 is 17.6 Å². The van der Waals surface area contributed by atoms with Gasteiger partial charge in [0.25, 0.3) is 5.91 Å². The zero-order chi connectivity index (χ0) is 21.5. The monoisotopic (exact) mass is 427 g/mol. The number of anilines is 1. The molecule has 7 nitrogen and oxygen atoms in total. The van der Waals surface area contributed by atoms with Crippen LogP contribution in [0.4, 0.5) is 5.69 Å². The van der Waals surface area contributed by atoms with Crippen LogP contribution in [0.25, 0.3) is 0 Å². The first-order valence-electron chi connectivity index (χ1n) is 12.0. The number of ether oxygens (including phenoxy) is 1. The van der Waals surface area contributed by atoms with Crippen LogP contribution in [0, 0.1) is 5.92 Å². The summed E-state index contributed by atoms with van der Waals surface area (Å²) in [5.41, 5.74) is 0.870. The number of hydrogen-bond donors (Lipinski definition) is 1. The molecule has 31 heavy (non-hydrogen) atoms. The van der Waals surface area contributed by atoms with Gasteiger partial charge in [0.1, 0.15) is 5.75 Å². The number of para-hydroxylation sites is 2. The quantitative estimate of drug-likeness (QED) is 0.412. The minimum absolute atomic E-state index is 0.0229. The van der Waals surface area contributed by atoms with Crippen LogP contribution < -0.4 is 15.0 Å². The fraction of sp³-hybridized carbons (Fsp3) is 0.667. The predicted molar refractivity (Wildman–Crippen MR) is 125 cm³/mol. The third-order valence-corrected chi connectivity index (χ3v) is 6.50. The Morgan fingerprint density at radius 1 is 1.19 bits per heavy atom. The highest BCUT2D eigenvalue weighted by atomic mass is 16.5. The number of nitrogens with zero attached hydrogens (tertiary/aromatic N) is 4. The number of aliphatic imine (C=N–C) groups is 1. The maximum Gasteiger partial charge on any atom is 0.265 e. The number of benzene rings is 1. The molecule has 1 unspecified atom stereocenters. The Morgan fingerprint density at radius 2 is 2.03 bits per heavy atom. The van der Waals surface area contributed by atoms with Crippen LogP contribution in [-0.4, -0.2) is 80.6 Å². The lowest BCUT2D eigenvalue weighted by Gasteiger charge is -2.29. The van der Waals surface area contributed by atoms with Crippen molar-refractivity contribution in [2.75, 3.05) is 63.9 Å². The zero-order valence-corrected chi connectivity index (χ0v) is 18.9. The third kappa shape index (κ3) is 5.70. The zero-order valence-electron chi connectivity index (χ0n) is 18.9. The molecule has 0 radical (unpaired) electrons. The predicted octanol–water partition coefficient (Wildman–Crippen LogP) is 2.58. The first-order valence-corrected chi connectivity index (χ1v) is 12.0. The van der Waals surface area contributed by atoms with Gasteiger partial charge in [-0.3, -0.25) is 9.79 Å². The van der Waals surface area contributed by atoms with Crippen molar-refractivity contribution in [3.63, 3.8) is 0 Å². The molecule has 0 spiro atoms. The number of carbonyl (C=O) groups is 1. The molecular weight excluding hydrogens is 390 g/mol. The maximum absolute atomic E-state index is 12.3.